The number of aromatic nitrogens is 3. The standard InChI is InChI=1S/C11H12N4OS/c1-7-8(2)17-10(15-7)6-14-11(16)9-5-12-3-4-13-9/h3-5H,6H2,1-2H3,(H,14,16). The predicted octanol–water partition coefficient (Wildman–Crippen LogP) is 1.48. The molecule has 0 unspecified atom stereocenters. The summed E-state index contributed by atoms with van der Waals surface area (Å²) < 4.78 is 0. The van der Waals surface area contributed by atoms with Crippen LogP contribution in [0.2, 0.25) is 0 Å². The van der Waals surface area contributed by atoms with Gasteiger partial charge in [0, 0.05) is 17.3 Å². The molecule has 0 radical (unpaired) electrons. The van der Waals surface area contributed by atoms with E-state index in [4.69, 9.17) is 0 Å². The molecule has 0 aliphatic heterocycles. The molecule has 1 amide bonds. The Kier molecular flexibility index (Phi) is 3.43. The van der Waals surface area contributed by atoms with Gasteiger partial charge in [0.1, 0.15) is 10.7 Å². The first-order valence-electron chi connectivity index (χ1n) is 5.14. The molecule has 0 spiro atoms. The largest absolute Gasteiger partial charge is 0.344 e. The van der Waals surface area contributed by atoms with Gasteiger partial charge in [-0.2, -0.15) is 0 Å². The number of carbonyl (C=O) groups is 1. The molecule has 0 aliphatic rings. The maximum atomic E-state index is 11.7. The smallest absolute Gasteiger partial charge is 0.271 e. The summed E-state index contributed by atoms with van der Waals surface area (Å²) in [6.45, 7) is 4.40. The van der Waals surface area contributed by atoms with Gasteiger partial charge in [-0.3, -0.25) is 9.78 Å². The van der Waals surface area contributed by atoms with Crippen LogP contribution in [0, 0.1) is 13.8 Å². The lowest BCUT2D eigenvalue weighted by molar-refractivity contribution is 0.0945. The Morgan fingerprint density at radius 2 is 2.24 bits per heavy atom. The number of aryl methyl sites for hydroxylation is 2. The molecule has 0 saturated carbocycles. The Balaban J connectivity index is 1.97. The van der Waals surface area contributed by atoms with Gasteiger partial charge in [0.05, 0.1) is 18.4 Å². The summed E-state index contributed by atoms with van der Waals surface area (Å²) >= 11 is 1.59. The predicted molar refractivity (Wildman–Crippen MR) is 64.8 cm³/mol. The summed E-state index contributed by atoms with van der Waals surface area (Å²) in [5.41, 5.74) is 1.33. The highest BCUT2D eigenvalue weighted by Gasteiger charge is 2.08. The topological polar surface area (TPSA) is 67.8 Å². The number of amides is 1. The van der Waals surface area contributed by atoms with Gasteiger partial charge < -0.3 is 5.32 Å². The van der Waals surface area contributed by atoms with Crippen molar-refractivity contribution in [3.8, 4) is 0 Å². The molecule has 0 fully saturated rings. The lowest BCUT2D eigenvalue weighted by Gasteiger charge is -2.00. The first-order chi connectivity index (χ1) is 8.16. The molecule has 88 valence electrons. The van der Waals surface area contributed by atoms with Crippen molar-refractivity contribution in [3.05, 3.63) is 39.9 Å². The molecule has 2 heterocycles. The summed E-state index contributed by atoms with van der Waals surface area (Å²) in [7, 11) is 0. The number of carbonyl (C=O) groups excluding carboxylic acids is 1. The van der Waals surface area contributed by atoms with Crippen molar-refractivity contribution in [2.24, 2.45) is 0 Å². The second kappa shape index (κ2) is 5.01. The normalized spacial score (nSPS) is 10.2. The van der Waals surface area contributed by atoms with Gasteiger partial charge in [-0.05, 0) is 13.8 Å². The van der Waals surface area contributed by atoms with Crippen molar-refractivity contribution in [3.63, 3.8) is 0 Å². The van der Waals surface area contributed by atoms with Crippen LogP contribution in [0.5, 0.6) is 0 Å². The first kappa shape index (κ1) is 11.7. The van der Waals surface area contributed by atoms with E-state index in [2.05, 4.69) is 20.3 Å². The molecule has 2 aromatic rings. The summed E-state index contributed by atoms with van der Waals surface area (Å²) in [5, 5.41) is 3.66. The van der Waals surface area contributed by atoms with Crippen molar-refractivity contribution in [2.45, 2.75) is 20.4 Å². The fourth-order valence-electron chi connectivity index (χ4n) is 1.28. The van der Waals surface area contributed by atoms with E-state index >= 15 is 0 Å². The van der Waals surface area contributed by atoms with E-state index in [0.717, 1.165) is 10.7 Å². The van der Waals surface area contributed by atoms with Crippen molar-refractivity contribution < 1.29 is 4.79 Å². The fourth-order valence-corrected chi connectivity index (χ4v) is 2.15. The Hall–Kier alpha value is -1.82. The monoisotopic (exact) mass is 248 g/mol. The Labute approximate surface area is 103 Å². The van der Waals surface area contributed by atoms with Crippen LogP contribution >= 0.6 is 11.3 Å². The number of hydrogen-bond acceptors (Lipinski definition) is 5. The molecule has 2 aromatic heterocycles. The summed E-state index contributed by atoms with van der Waals surface area (Å²) in [6, 6.07) is 0. The van der Waals surface area contributed by atoms with Gasteiger partial charge in [0.25, 0.3) is 5.91 Å². The lowest BCUT2D eigenvalue weighted by Crippen LogP contribution is -2.23. The molecular formula is C11H12N4OS. The maximum Gasteiger partial charge on any atom is 0.271 e. The van der Waals surface area contributed by atoms with Crippen molar-refractivity contribution in [1.82, 2.24) is 20.3 Å². The summed E-state index contributed by atoms with van der Waals surface area (Å²) in [6.07, 6.45) is 4.46. The Morgan fingerprint density at radius 3 is 2.82 bits per heavy atom. The average Bonchev–Trinajstić information content (AvgIpc) is 2.67. The maximum absolute atomic E-state index is 11.7. The first-order valence-corrected chi connectivity index (χ1v) is 5.95. The number of nitrogens with zero attached hydrogens (tertiary/aromatic N) is 3. The van der Waals surface area contributed by atoms with E-state index in [-0.39, 0.29) is 5.91 Å². The van der Waals surface area contributed by atoms with Crippen LogP contribution < -0.4 is 5.32 Å². The third kappa shape index (κ3) is 2.85. The zero-order chi connectivity index (χ0) is 12.3. The van der Waals surface area contributed by atoms with Crippen LogP contribution in [0.15, 0.2) is 18.6 Å². The van der Waals surface area contributed by atoms with Crippen LogP contribution in [0.4, 0.5) is 0 Å². The summed E-state index contributed by atoms with van der Waals surface area (Å²) in [4.78, 5) is 25.0. The van der Waals surface area contributed by atoms with E-state index in [1.54, 1.807) is 11.3 Å². The minimum atomic E-state index is -0.233. The molecule has 0 bridgehead atoms. The molecule has 0 aromatic carbocycles. The second-order valence-electron chi connectivity index (χ2n) is 3.52. The zero-order valence-corrected chi connectivity index (χ0v) is 10.4. The molecule has 5 nitrogen and oxygen atoms in total. The molecule has 1 N–H and O–H groups in total. The Bertz CT molecular complexity index is 504. The minimum Gasteiger partial charge on any atom is -0.344 e. The van der Waals surface area contributed by atoms with E-state index < -0.39 is 0 Å². The number of rotatable bonds is 3. The van der Waals surface area contributed by atoms with Crippen LogP contribution in [0.25, 0.3) is 0 Å². The van der Waals surface area contributed by atoms with Gasteiger partial charge in [0.15, 0.2) is 0 Å². The lowest BCUT2D eigenvalue weighted by atomic mass is 10.4. The highest BCUT2D eigenvalue weighted by molar-refractivity contribution is 7.11. The summed E-state index contributed by atoms with van der Waals surface area (Å²) in [5.74, 6) is -0.233. The molecule has 2 rings (SSSR count). The van der Waals surface area contributed by atoms with Crippen molar-refractivity contribution in [2.75, 3.05) is 0 Å². The highest BCUT2D eigenvalue weighted by Crippen LogP contribution is 2.15. The highest BCUT2D eigenvalue weighted by atomic mass is 32.1. The average molecular weight is 248 g/mol. The van der Waals surface area contributed by atoms with Crippen LogP contribution in [0.1, 0.15) is 26.1 Å². The van der Waals surface area contributed by atoms with Gasteiger partial charge in [-0.15, -0.1) is 11.3 Å². The number of thiazole rings is 1. The van der Waals surface area contributed by atoms with E-state index in [1.807, 2.05) is 13.8 Å². The quantitative estimate of drug-likeness (QED) is 0.893. The number of hydrogen-bond donors (Lipinski definition) is 1. The van der Waals surface area contributed by atoms with E-state index in [0.29, 0.717) is 12.2 Å². The van der Waals surface area contributed by atoms with E-state index in [9.17, 15) is 4.79 Å². The molecule has 6 heteroatoms. The van der Waals surface area contributed by atoms with Gasteiger partial charge in [0.2, 0.25) is 0 Å². The van der Waals surface area contributed by atoms with Crippen LogP contribution in [-0.4, -0.2) is 20.9 Å². The van der Waals surface area contributed by atoms with E-state index in [1.165, 1.54) is 23.5 Å². The minimum absolute atomic E-state index is 0.233. The van der Waals surface area contributed by atoms with Crippen LogP contribution in [-0.2, 0) is 6.54 Å². The number of nitrogens with one attached hydrogen (secondary N) is 1. The third-order valence-electron chi connectivity index (χ3n) is 2.27. The molecule has 0 saturated heterocycles. The Morgan fingerprint density at radius 1 is 1.41 bits per heavy atom. The van der Waals surface area contributed by atoms with Gasteiger partial charge >= 0.3 is 0 Å². The third-order valence-corrected chi connectivity index (χ3v) is 3.34. The molecule has 17 heavy (non-hydrogen) atoms. The van der Waals surface area contributed by atoms with Gasteiger partial charge in [-0.1, -0.05) is 0 Å². The molecule has 0 aliphatic carbocycles. The zero-order valence-electron chi connectivity index (χ0n) is 9.60. The van der Waals surface area contributed by atoms with Gasteiger partial charge in [-0.25, -0.2) is 9.97 Å². The van der Waals surface area contributed by atoms with Crippen molar-refractivity contribution in [1.29, 1.82) is 0 Å². The second-order valence-corrected chi connectivity index (χ2v) is 4.81. The van der Waals surface area contributed by atoms with Crippen LogP contribution in [0.3, 0.4) is 0 Å². The molecular weight excluding hydrogens is 236 g/mol. The molecule has 0 atom stereocenters. The SMILES string of the molecule is Cc1nc(CNC(=O)c2cnccn2)sc1C. The fraction of sp³-hybridized carbons (Fsp3) is 0.273. The van der Waals surface area contributed by atoms with Crippen molar-refractivity contribution >= 4 is 17.2 Å².